The Morgan fingerprint density at radius 3 is 2.20 bits per heavy atom. The lowest BCUT2D eigenvalue weighted by molar-refractivity contribution is -0.132. The molecular weight excluding hydrogens is 585 g/mol. The van der Waals surface area contributed by atoms with E-state index in [1.807, 2.05) is 19.2 Å². The van der Waals surface area contributed by atoms with Gasteiger partial charge in [-0.2, -0.15) is 8.78 Å². The number of hydrogen-bond acceptors (Lipinski definition) is 7. The number of ether oxygens (including phenoxy) is 2. The van der Waals surface area contributed by atoms with Gasteiger partial charge in [0, 0.05) is 5.56 Å². The summed E-state index contributed by atoms with van der Waals surface area (Å²) in [5.41, 5.74) is -5.51. The lowest BCUT2D eigenvalue weighted by Gasteiger charge is -2.35. The van der Waals surface area contributed by atoms with Gasteiger partial charge in [-0.15, -0.1) is 0 Å². The van der Waals surface area contributed by atoms with Crippen LogP contribution >= 0.6 is 11.6 Å². The Labute approximate surface area is 242 Å². The predicted octanol–water partition coefficient (Wildman–Crippen LogP) is 6.35. The predicted molar refractivity (Wildman–Crippen MR) is 149 cm³/mol. The van der Waals surface area contributed by atoms with Crippen LogP contribution in [0, 0.1) is 5.82 Å². The monoisotopic (exact) mass is 616 g/mol. The number of sulfone groups is 1. The Balaban J connectivity index is 0.00000287. The minimum absolute atomic E-state index is 0.0260. The van der Waals surface area contributed by atoms with E-state index in [-0.39, 0.29) is 22.0 Å². The first-order valence-corrected chi connectivity index (χ1v) is 14.3. The number of carbonyl (C=O) groups is 1. The van der Waals surface area contributed by atoms with E-state index in [1.165, 1.54) is 58.2 Å². The molecule has 0 aliphatic heterocycles. The molecule has 8 nitrogen and oxygen atoms in total. The summed E-state index contributed by atoms with van der Waals surface area (Å²) in [6, 6.07) is 11.3. The molecule has 41 heavy (non-hydrogen) atoms. The normalized spacial score (nSPS) is 13.3. The van der Waals surface area contributed by atoms with Crippen molar-refractivity contribution in [3.63, 3.8) is 0 Å². The summed E-state index contributed by atoms with van der Waals surface area (Å²) in [5, 5.41) is 8.27. The van der Waals surface area contributed by atoms with E-state index in [1.54, 1.807) is 0 Å². The Kier molecular flexibility index (Phi) is 10.8. The third kappa shape index (κ3) is 7.30. The molecule has 0 saturated carbocycles. The molecule has 1 atom stereocenters. The molecule has 0 aliphatic carbocycles. The van der Waals surface area contributed by atoms with Crippen LogP contribution < -0.4 is 10.1 Å². The summed E-state index contributed by atoms with van der Waals surface area (Å²) in [6.07, 6.45) is -1.19. The van der Waals surface area contributed by atoms with Crippen molar-refractivity contribution >= 4 is 27.5 Å². The summed E-state index contributed by atoms with van der Waals surface area (Å²) in [4.78, 5) is 15.6. The number of rotatable bonds is 8. The lowest BCUT2D eigenvalue weighted by Crippen LogP contribution is -2.57. The van der Waals surface area contributed by atoms with Gasteiger partial charge in [0.1, 0.15) is 22.9 Å². The molecule has 0 saturated heterocycles. The number of aliphatic hydroxyl groups is 1. The second-order valence-corrected chi connectivity index (χ2v) is 11.8. The van der Waals surface area contributed by atoms with Gasteiger partial charge in [-0.1, -0.05) is 43.6 Å². The fourth-order valence-electron chi connectivity index (χ4n) is 3.52. The number of aromatic nitrogens is 1. The highest BCUT2D eigenvalue weighted by Crippen LogP contribution is 2.45. The molecule has 13 heteroatoms. The number of amides is 1. The minimum Gasteiger partial charge on any atom is -0.494 e. The van der Waals surface area contributed by atoms with Crippen LogP contribution in [0.1, 0.15) is 40.3 Å². The third-order valence-electron chi connectivity index (χ3n) is 5.45. The molecule has 1 unspecified atom stereocenters. The van der Waals surface area contributed by atoms with Crippen LogP contribution in [0.3, 0.4) is 0 Å². The molecule has 224 valence electrons. The quantitative estimate of drug-likeness (QED) is 0.303. The van der Waals surface area contributed by atoms with Crippen LogP contribution in [-0.4, -0.2) is 49.1 Å². The Hall–Kier alpha value is -3.35. The number of benzene rings is 2. The molecule has 0 bridgehead atoms. The SMILES string of the molecule is CC.COc1ccc(C(O)(CNC(=O)OC(C)(C)C)C(F)(F)S(=O)(=O)c2ccccc2)nc1-c1ccc(F)c(Cl)c1. The smallest absolute Gasteiger partial charge is 0.407 e. The van der Waals surface area contributed by atoms with E-state index < -0.39 is 55.3 Å². The maximum absolute atomic E-state index is 16.1. The van der Waals surface area contributed by atoms with Crippen molar-refractivity contribution in [2.24, 2.45) is 0 Å². The van der Waals surface area contributed by atoms with Gasteiger partial charge in [-0.25, -0.2) is 22.6 Å². The van der Waals surface area contributed by atoms with E-state index in [4.69, 9.17) is 21.1 Å². The van der Waals surface area contributed by atoms with Crippen molar-refractivity contribution in [3.8, 4) is 17.0 Å². The van der Waals surface area contributed by atoms with E-state index >= 15 is 8.78 Å². The molecule has 1 aromatic heterocycles. The molecule has 1 amide bonds. The maximum Gasteiger partial charge on any atom is 0.407 e. The number of pyridine rings is 1. The lowest BCUT2D eigenvalue weighted by atomic mass is 9.97. The molecule has 1 heterocycles. The molecule has 2 N–H and O–H groups in total. The topological polar surface area (TPSA) is 115 Å². The van der Waals surface area contributed by atoms with Gasteiger partial charge in [0.15, 0.2) is 0 Å². The largest absolute Gasteiger partial charge is 0.494 e. The molecule has 3 aromatic rings. The van der Waals surface area contributed by atoms with Crippen LogP contribution in [0.5, 0.6) is 5.75 Å². The number of carbonyl (C=O) groups excluding carboxylic acids is 1. The zero-order valence-corrected chi connectivity index (χ0v) is 24.9. The minimum atomic E-state index is -5.55. The summed E-state index contributed by atoms with van der Waals surface area (Å²) in [5.74, 6) is -0.729. The van der Waals surface area contributed by atoms with Gasteiger partial charge in [0.2, 0.25) is 15.4 Å². The molecule has 2 aromatic carbocycles. The van der Waals surface area contributed by atoms with Crippen molar-refractivity contribution in [3.05, 3.63) is 77.2 Å². The molecule has 0 radical (unpaired) electrons. The van der Waals surface area contributed by atoms with E-state index in [9.17, 15) is 22.7 Å². The summed E-state index contributed by atoms with van der Waals surface area (Å²) in [6.45, 7) is 7.26. The number of hydrogen-bond donors (Lipinski definition) is 2. The molecule has 0 fully saturated rings. The first kappa shape index (κ1) is 33.9. The maximum atomic E-state index is 16.1. The highest BCUT2D eigenvalue weighted by atomic mass is 35.5. The number of methoxy groups -OCH3 is 1. The van der Waals surface area contributed by atoms with Crippen LogP contribution in [-0.2, 0) is 20.2 Å². The van der Waals surface area contributed by atoms with Gasteiger partial charge >= 0.3 is 11.3 Å². The molecule has 0 spiro atoms. The van der Waals surface area contributed by atoms with Crippen LogP contribution in [0.15, 0.2) is 65.6 Å². The van der Waals surface area contributed by atoms with Gasteiger partial charge < -0.3 is 19.9 Å². The zero-order valence-electron chi connectivity index (χ0n) is 23.3. The van der Waals surface area contributed by atoms with Crippen LogP contribution in [0.2, 0.25) is 5.02 Å². The summed E-state index contributed by atoms with van der Waals surface area (Å²) < 4.78 is 82.5. The van der Waals surface area contributed by atoms with Crippen molar-refractivity contribution in [2.45, 2.75) is 56.0 Å². The van der Waals surface area contributed by atoms with Crippen molar-refractivity contribution < 1.29 is 41.0 Å². The average molecular weight is 617 g/mol. The number of alkyl carbamates (subject to hydrolysis) is 1. The number of nitrogens with one attached hydrogen (secondary N) is 1. The second-order valence-electron chi connectivity index (χ2n) is 9.43. The van der Waals surface area contributed by atoms with Gasteiger partial charge in [0.25, 0.3) is 0 Å². The van der Waals surface area contributed by atoms with Gasteiger partial charge in [-0.05, 0) is 63.2 Å². The van der Waals surface area contributed by atoms with Crippen LogP contribution in [0.25, 0.3) is 11.3 Å². The highest BCUT2D eigenvalue weighted by Gasteiger charge is 2.64. The fraction of sp³-hybridized carbons (Fsp3) is 0.357. The standard InChI is InChI=1S/C26H26ClF3N2O6S.C2H6/c1-24(2,3)38-23(33)31-15-25(34,26(29,30)39(35,36)17-8-6-5-7-9-17)21-13-12-20(37-4)22(32-21)16-10-11-19(28)18(27)14-16;1-2/h5-14,34H,15H2,1-4H3,(H,31,33);1-2H3. The number of alkyl halides is 2. The van der Waals surface area contributed by atoms with Gasteiger partial charge in [0.05, 0.1) is 29.3 Å². The summed E-state index contributed by atoms with van der Waals surface area (Å²) >= 11 is 5.87. The van der Waals surface area contributed by atoms with Crippen LogP contribution in [0.4, 0.5) is 18.0 Å². The van der Waals surface area contributed by atoms with Crippen molar-refractivity contribution in [1.29, 1.82) is 0 Å². The van der Waals surface area contributed by atoms with E-state index in [0.29, 0.717) is 0 Å². The van der Waals surface area contributed by atoms with E-state index in [0.717, 1.165) is 30.3 Å². The first-order valence-electron chi connectivity index (χ1n) is 12.4. The first-order chi connectivity index (χ1) is 19.0. The van der Waals surface area contributed by atoms with E-state index in [2.05, 4.69) is 4.98 Å². The highest BCUT2D eigenvalue weighted by molar-refractivity contribution is 7.92. The number of nitrogens with zero attached hydrogens (tertiary/aromatic N) is 1. The second kappa shape index (κ2) is 13.1. The fourth-order valence-corrected chi connectivity index (χ4v) is 5.13. The number of halogens is 4. The van der Waals surface area contributed by atoms with Gasteiger partial charge in [-0.3, -0.25) is 0 Å². The van der Waals surface area contributed by atoms with Crippen molar-refractivity contribution in [1.82, 2.24) is 10.3 Å². The van der Waals surface area contributed by atoms with Crippen molar-refractivity contribution in [2.75, 3.05) is 13.7 Å². The third-order valence-corrected chi connectivity index (χ3v) is 7.65. The average Bonchev–Trinajstić information content (AvgIpc) is 2.93. The molecule has 3 rings (SSSR count). The Morgan fingerprint density at radius 1 is 1.05 bits per heavy atom. The molecular formula is C28H32ClF3N2O6S. The molecule has 0 aliphatic rings. The Bertz CT molecular complexity index is 1470. The Morgan fingerprint density at radius 2 is 1.66 bits per heavy atom. The summed E-state index contributed by atoms with van der Waals surface area (Å²) in [7, 11) is -4.29. The zero-order chi connectivity index (χ0) is 31.2.